The molecular weight excluding hydrogens is 743 g/mol. The van der Waals surface area contributed by atoms with Gasteiger partial charge in [0.05, 0.1) is 11.0 Å². The molecule has 58 heavy (non-hydrogen) atoms. The number of para-hydroxylation sites is 2. The standard InChI is InChI=1S/C53H39N3S2/c1-33(34-14-4-2-5-15-34)54-53(55-32-47(55)35-16-6-3-7-17-35)44-22-13-25-48-51(44)43-28-26-36(30-49(43)57-48)38-20-12-21-42-41-29-27-37(31-50(41)58-52(38)42)56-45-23-10-8-18-39(45)40-19-9-11-24-46(40)56/h2-26,28,30-31,47,53-54H,1,27,29,32H2. The van der Waals surface area contributed by atoms with Crippen molar-refractivity contribution in [2.24, 2.45) is 0 Å². The van der Waals surface area contributed by atoms with Crippen LogP contribution in [0.3, 0.4) is 0 Å². The molecule has 3 aromatic heterocycles. The molecule has 12 rings (SSSR count). The molecule has 0 bridgehead atoms. The molecule has 5 heteroatoms. The van der Waals surface area contributed by atoms with Gasteiger partial charge in [-0.2, -0.15) is 0 Å². The number of allylic oxidation sites excluding steroid dienone is 1. The normalized spacial score (nSPS) is 16.9. The molecule has 1 aliphatic carbocycles. The predicted octanol–water partition coefficient (Wildman–Crippen LogP) is 14.3. The first kappa shape index (κ1) is 33.9. The van der Waals surface area contributed by atoms with E-state index in [4.69, 9.17) is 0 Å². The molecule has 1 aliphatic heterocycles. The van der Waals surface area contributed by atoms with Crippen molar-refractivity contribution < 1.29 is 0 Å². The van der Waals surface area contributed by atoms with Crippen LogP contribution in [-0.4, -0.2) is 16.0 Å². The lowest BCUT2D eigenvalue weighted by molar-refractivity contribution is 0.356. The van der Waals surface area contributed by atoms with Crippen molar-refractivity contribution in [2.45, 2.75) is 25.0 Å². The van der Waals surface area contributed by atoms with Gasteiger partial charge in [-0.25, -0.2) is 0 Å². The maximum absolute atomic E-state index is 4.52. The number of nitrogens with one attached hydrogen (secondary N) is 1. The van der Waals surface area contributed by atoms with Gasteiger partial charge in [-0.1, -0.05) is 146 Å². The third-order valence-electron chi connectivity index (χ3n) is 12.4. The summed E-state index contributed by atoms with van der Waals surface area (Å²) in [5.74, 6) is 0. The van der Waals surface area contributed by atoms with Crippen molar-refractivity contribution in [2.75, 3.05) is 6.54 Å². The molecule has 3 unspecified atom stereocenters. The fourth-order valence-electron chi connectivity index (χ4n) is 9.56. The Kier molecular flexibility index (Phi) is 7.84. The quantitative estimate of drug-likeness (QED) is 0.155. The Hall–Kier alpha value is -6.24. The molecule has 0 spiro atoms. The van der Waals surface area contributed by atoms with E-state index < -0.39 is 0 Å². The minimum Gasteiger partial charge on any atom is -0.366 e. The molecule has 1 N–H and O–H groups in total. The lowest BCUT2D eigenvalue weighted by Gasteiger charge is -2.25. The highest BCUT2D eigenvalue weighted by molar-refractivity contribution is 7.26. The van der Waals surface area contributed by atoms with Crippen LogP contribution in [-0.2, 0) is 6.42 Å². The van der Waals surface area contributed by atoms with E-state index in [-0.39, 0.29) is 6.17 Å². The van der Waals surface area contributed by atoms with E-state index in [1.165, 1.54) is 90.5 Å². The zero-order valence-electron chi connectivity index (χ0n) is 31.9. The summed E-state index contributed by atoms with van der Waals surface area (Å²) < 4.78 is 6.51. The highest BCUT2D eigenvalue weighted by Gasteiger charge is 2.42. The van der Waals surface area contributed by atoms with Crippen LogP contribution in [0.25, 0.3) is 80.7 Å². The maximum atomic E-state index is 4.52. The average molecular weight is 782 g/mol. The summed E-state index contributed by atoms with van der Waals surface area (Å²) in [7, 11) is 0. The summed E-state index contributed by atoms with van der Waals surface area (Å²) in [6.07, 6.45) is 4.50. The van der Waals surface area contributed by atoms with Crippen LogP contribution >= 0.6 is 22.7 Å². The molecule has 3 atom stereocenters. The second kappa shape index (κ2) is 13.4. The smallest absolute Gasteiger partial charge is 0.107 e. The van der Waals surface area contributed by atoms with Gasteiger partial charge in [0.15, 0.2) is 0 Å². The third-order valence-corrected chi connectivity index (χ3v) is 14.7. The first-order chi connectivity index (χ1) is 28.7. The lowest BCUT2D eigenvalue weighted by atomic mass is 9.96. The number of hydrogen-bond acceptors (Lipinski definition) is 4. The van der Waals surface area contributed by atoms with Crippen LogP contribution in [0.4, 0.5) is 0 Å². The minimum atomic E-state index is -0.0225. The van der Waals surface area contributed by atoms with Crippen LogP contribution in [0.15, 0.2) is 170 Å². The van der Waals surface area contributed by atoms with Gasteiger partial charge >= 0.3 is 0 Å². The second-order valence-electron chi connectivity index (χ2n) is 15.7. The molecule has 3 nitrogen and oxygen atoms in total. The van der Waals surface area contributed by atoms with E-state index in [1.54, 1.807) is 0 Å². The van der Waals surface area contributed by atoms with Crippen LogP contribution in [0.1, 0.15) is 45.8 Å². The first-order valence-electron chi connectivity index (χ1n) is 20.2. The monoisotopic (exact) mass is 781 g/mol. The van der Waals surface area contributed by atoms with Gasteiger partial charge in [0, 0.05) is 64.5 Å². The molecule has 10 aromatic rings. The number of hydrogen-bond donors (Lipinski definition) is 1. The number of thiophene rings is 2. The van der Waals surface area contributed by atoms with Crippen molar-refractivity contribution in [1.29, 1.82) is 0 Å². The molecule has 0 radical (unpaired) electrons. The Bertz CT molecular complexity index is 3220. The van der Waals surface area contributed by atoms with Gasteiger partial charge in [0.1, 0.15) is 6.17 Å². The van der Waals surface area contributed by atoms with Crippen LogP contribution in [0.2, 0.25) is 0 Å². The molecule has 4 heterocycles. The predicted molar refractivity (Wildman–Crippen MR) is 249 cm³/mol. The van der Waals surface area contributed by atoms with Gasteiger partial charge < -0.3 is 9.88 Å². The number of nitrogens with zero attached hydrogens (tertiary/aromatic N) is 2. The van der Waals surface area contributed by atoms with Crippen molar-refractivity contribution in [3.63, 3.8) is 0 Å². The van der Waals surface area contributed by atoms with E-state index in [0.29, 0.717) is 6.04 Å². The van der Waals surface area contributed by atoms with Gasteiger partial charge in [0.2, 0.25) is 0 Å². The zero-order chi connectivity index (χ0) is 38.3. The number of aryl methyl sites for hydroxylation is 1. The highest BCUT2D eigenvalue weighted by atomic mass is 32.1. The SMILES string of the molecule is C=C(NC(c1cccc2sc3cc(-c4cccc5c6c(sc45)C=C(n4c5ccccc5c5ccccc54)CC6)ccc3c12)N1CC1c1ccccc1)c1ccccc1. The van der Waals surface area contributed by atoms with E-state index in [0.717, 1.165) is 30.6 Å². The Labute approximate surface area is 345 Å². The second-order valence-corrected chi connectivity index (χ2v) is 17.8. The lowest BCUT2D eigenvalue weighted by Crippen LogP contribution is -2.26. The number of fused-ring (bicyclic) bond motifs is 9. The molecule has 0 saturated carbocycles. The Morgan fingerprint density at radius 1 is 0.638 bits per heavy atom. The van der Waals surface area contributed by atoms with E-state index in [9.17, 15) is 0 Å². The summed E-state index contributed by atoms with van der Waals surface area (Å²) in [6, 6.07) is 60.4. The van der Waals surface area contributed by atoms with Gasteiger partial charge in [0.25, 0.3) is 0 Å². The highest BCUT2D eigenvalue weighted by Crippen LogP contribution is 2.48. The first-order valence-corrected chi connectivity index (χ1v) is 21.8. The summed E-state index contributed by atoms with van der Waals surface area (Å²) in [6.45, 7) is 5.52. The van der Waals surface area contributed by atoms with E-state index >= 15 is 0 Å². The summed E-state index contributed by atoms with van der Waals surface area (Å²) in [5.41, 5.74) is 12.7. The summed E-state index contributed by atoms with van der Waals surface area (Å²) in [5, 5.41) is 10.6. The van der Waals surface area contributed by atoms with Gasteiger partial charge in [-0.15, -0.1) is 22.7 Å². The zero-order valence-corrected chi connectivity index (χ0v) is 33.5. The summed E-state index contributed by atoms with van der Waals surface area (Å²) in [4.78, 5) is 3.95. The van der Waals surface area contributed by atoms with Crippen LogP contribution < -0.4 is 5.32 Å². The van der Waals surface area contributed by atoms with Crippen LogP contribution in [0, 0.1) is 0 Å². The summed E-state index contributed by atoms with van der Waals surface area (Å²) >= 11 is 3.86. The van der Waals surface area contributed by atoms with Crippen molar-refractivity contribution in [3.8, 4) is 11.1 Å². The van der Waals surface area contributed by atoms with Crippen molar-refractivity contribution in [1.82, 2.24) is 14.8 Å². The molecular formula is C53H39N3S2. The fourth-order valence-corrected chi connectivity index (χ4v) is 12.1. The van der Waals surface area contributed by atoms with Crippen molar-refractivity contribution in [3.05, 3.63) is 198 Å². The maximum Gasteiger partial charge on any atom is 0.107 e. The van der Waals surface area contributed by atoms with Crippen LogP contribution in [0.5, 0.6) is 0 Å². The van der Waals surface area contributed by atoms with Gasteiger partial charge in [-0.3, -0.25) is 4.90 Å². The molecule has 2 aliphatic rings. The Balaban J connectivity index is 0.942. The molecule has 0 amide bonds. The number of rotatable bonds is 8. The topological polar surface area (TPSA) is 20.0 Å². The van der Waals surface area contributed by atoms with E-state index in [1.807, 2.05) is 22.7 Å². The van der Waals surface area contributed by atoms with Gasteiger partial charge in [-0.05, 0) is 82.0 Å². The van der Waals surface area contributed by atoms with E-state index in [2.05, 4.69) is 191 Å². The number of benzene rings is 7. The Morgan fingerprint density at radius 2 is 1.34 bits per heavy atom. The molecule has 1 saturated heterocycles. The average Bonchev–Trinajstić information content (AvgIpc) is 3.68. The largest absolute Gasteiger partial charge is 0.366 e. The minimum absolute atomic E-state index is 0.0225. The third kappa shape index (κ3) is 5.42. The molecule has 1 fully saturated rings. The van der Waals surface area contributed by atoms with Crippen molar-refractivity contribution >= 4 is 92.2 Å². The fraction of sp³-hybridized carbons (Fsp3) is 0.0943. The molecule has 7 aromatic carbocycles. The Morgan fingerprint density at radius 3 is 2.14 bits per heavy atom. The molecule has 278 valence electrons. The number of aromatic nitrogens is 1.